The molecular weight excluding hydrogens is 368 g/mol. The second kappa shape index (κ2) is 11.0. The van der Waals surface area contributed by atoms with Gasteiger partial charge in [0, 0.05) is 44.5 Å². The number of carbonyl (C=O) groups excluding carboxylic acids is 1. The first-order chi connectivity index (χ1) is 14.0. The van der Waals surface area contributed by atoms with E-state index in [0.717, 1.165) is 28.4 Å². The number of nitrogens with zero attached hydrogens (tertiary/aromatic N) is 1. The first-order valence-electron chi connectivity index (χ1n) is 9.36. The molecular formula is C22H30N4O3. The van der Waals surface area contributed by atoms with E-state index in [2.05, 4.69) is 20.9 Å². The molecule has 0 unspecified atom stereocenters. The second-order valence-electron chi connectivity index (χ2n) is 6.52. The van der Waals surface area contributed by atoms with Crippen LogP contribution >= 0.6 is 0 Å². The molecule has 156 valence electrons. The number of anilines is 1. The highest BCUT2D eigenvalue weighted by atomic mass is 16.5. The lowest BCUT2D eigenvalue weighted by Gasteiger charge is -2.22. The number of nitrogens with one attached hydrogen (secondary N) is 3. The Hall–Kier alpha value is -3.19. The van der Waals surface area contributed by atoms with Crippen molar-refractivity contribution in [2.75, 3.05) is 47.2 Å². The molecule has 2 aromatic carbocycles. The van der Waals surface area contributed by atoms with Gasteiger partial charge in [-0.2, -0.15) is 0 Å². The Balaban J connectivity index is 2.14. The van der Waals surface area contributed by atoms with E-state index in [1.807, 2.05) is 62.6 Å². The smallest absolute Gasteiger partial charge is 0.273 e. The Labute approximate surface area is 172 Å². The maximum Gasteiger partial charge on any atom is 0.273 e. The zero-order chi connectivity index (χ0) is 21.2. The number of likely N-dealkylation sites (N-methyl/N-ethyl adjacent to an activating group) is 3. The van der Waals surface area contributed by atoms with Crippen molar-refractivity contribution in [3.63, 3.8) is 0 Å². The number of carbonyl (C=O) groups is 1. The van der Waals surface area contributed by atoms with Gasteiger partial charge in [-0.1, -0.05) is 24.3 Å². The molecule has 0 atom stereocenters. The maximum absolute atomic E-state index is 12.7. The Bertz CT molecular complexity index is 837. The van der Waals surface area contributed by atoms with Crippen LogP contribution in [0.4, 0.5) is 5.69 Å². The van der Waals surface area contributed by atoms with E-state index in [1.165, 1.54) is 0 Å². The third kappa shape index (κ3) is 6.15. The average Bonchev–Trinajstić information content (AvgIpc) is 2.74. The molecule has 0 fully saturated rings. The van der Waals surface area contributed by atoms with Gasteiger partial charge < -0.3 is 25.4 Å². The quantitative estimate of drug-likeness (QED) is 0.534. The van der Waals surface area contributed by atoms with Crippen molar-refractivity contribution < 1.29 is 14.3 Å². The third-order valence-corrected chi connectivity index (χ3v) is 4.47. The average molecular weight is 399 g/mol. The van der Waals surface area contributed by atoms with Gasteiger partial charge in [-0.3, -0.25) is 9.69 Å². The van der Waals surface area contributed by atoms with E-state index in [-0.39, 0.29) is 5.91 Å². The van der Waals surface area contributed by atoms with E-state index < -0.39 is 0 Å². The predicted octanol–water partition coefficient (Wildman–Crippen LogP) is 2.42. The van der Waals surface area contributed by atoms with Crippen molar-refractivity contribution in [2.24, 2.45) is 0 Å². The molecule has 0 aliphatic rings. The van der Waals surface area contributed by atoms with Gasteiger partial charge in [-0.05, 0) is 25.2 Å². The van der Waals surface area contributed by atoms with E-state index in [0.29, 0.717) is 18.8 Å². The number of ether oxygens (including phenoxy) is 2. The number of amides is 1. The van der Waals surface area contributed by atoms with E-state index in [9.17, 15) is 4.79 Å². The number of hydrogen-bond donors (Lipinski definition) is 3. The zero-order valence-corrected chi connectivity index (χ0v) is 17.7. The summed E-state index contributed by atoms with van der Waals surface area (Å²) in [5.41, 5.74) is 3.06. The normalized spacial score (nSPS) is 11.5. The summed E-state index contributed by atoms with van der Waals surface area (Å²) in [6.45, 7) is 1.19. The van der Waals surface area contributed by atoms with Gasteiger partial charge in [0.05, 0.1) is 19.9 Å². The molecule has 7 nitrogen and oxygen atoms in total. The molecule has 0 aliphatic heterocycles. The monoisotopic (exact) mass is 398 g/mol. The Morgan fingerprint density at radius 3 is 2.31 bits per heavy atom. The first-order valence-corrected chi connectivity index (χ1v) is 9.36. The lowest BCUT2D eigenvalue weighted by molar-refractivity contribution is -0.113. The van der Waals surface area contributed by atoms with Crippen molar-refractivity contribution >= 4 is 11.6 Å². The molecule has 0 aliphatic carbocycles. The number of hydrogen-bond acceptors (Lipinski definition) is 6. The number of para-hydroxylation sites is 1. The van der Waals surface area contributed by atoms with Crippen LogP contribution in [0, 0.1) is 0 Å². The van der Waals surface area contributed by atoms with Crippen LogP contribution in [0.2, 0.25) is 0 Å². The standard InChI is InChI=1S/C22H30N4O3/c1-23-19(21(24-2)22(27)25-17-9-7-6-8-10-17)15-26(3)14-16-11-12-18(28-4)13-20(16)29-5/h6-13,23-24H,14-15H2,1-5H3,(H,25,27)/b21-19+. The summed E-state index contributed by atoms with van der Waals surface area (Å²) in [5.74, 6) is 1.32. The van der Waals surface area contributed by atoms with Crippen molar-refractivity contribution in [1.29, 1.82) is 0 Å². The van der Waals surface area contributed by atoms with Crippen molar-refractivity contribution in [3.8, 4) is 11.5 Å². The minimum atomic E-state index is -0.196. The maximum atomic E-state index is 12.7. The van der Waals surface area contributed by atoms with Gasteiger partial charge in [0.1, 0.15) is 17.2 Å². The summed E-state index contributed by atoms with van der Waals surface area (Å²) in [5, 5.41) is 9.07. The Morgan fingerprint density at radius 2 is 1.72 bits per heavy atom. The van der Waals surface area contributed by atoms with Crippen molar-refractivity contribution in [2.45, 2.75) is 6.54 Å². The molecule has 1 amide bonds. The summed E-state index contributed by atoms with van der Waals surface area (Å²) in [4.78, 5) is 14.8. The van der Waals surface area contributed by atoms with Crippen molar-refractivity contribution in [1.82, 2.24) is 15.5 Å². The summed E-state index contributed by atoms with van der Waals surface area (Å²) in [6, 6.07) is 15.1. The molecule has 0 radical (unpaired) electrons. The second-order valence-corrected chi connectivity index (χ2v) is 6.52. The third-order valence-electron chi connectivity index (χ3n) is 4.47. The summed E-state index contributed by atoms with van der Waals surface area (Å²) >= 11 is 0. The summed E-state index contributed by atoms with van der Waals surface area (Å²) in [7, 11) is 8.81. The SMILES string of the molecule is CN/C(CN(C)Cc1ccc(OC)cc1OC)=C(/NC)C(=O)Nc1ccccc1. The summed E-state index contributed by atoms with van der Waals surface area (Å²) < 4.78 is 10.7. The molecule has 7 heteroatoms. The van der Waals surface area contributed by atoms with Gasteiger partial charge in [-0.25, -0.2) is 0 Å². The van der Waals surface area contributed by atoms with Gasteiger partial charge in [0.15, 0.2) is 0 Å². The van der Waals surface area contributed by atoms with Crippen LogP contribution < -0.4 is 25.4 Å². The zero-order valence-electron chi connectivity index (χ0n) is 17.7. The fourth-order valence-corrected chi connectivity index (χ4v) is 3.00. The molecule has 0 spiro atoms. The lowest BCUT2D eigenvalue weighted by atomic mass is 10.1. The fourth-order valence-electron chi connectivity index (χ4n) is 3.00. The first kappa shape index (κ1) is 22.1. The van der Waals surface area contributed by atoms with Crippen LogP contribution in [0.3, 0.4) is 0 Å². The van der Waals surface area contributed by atoms with Gasteiger partial charge >= 0.3 is 0 Å². The van der Waals surface area contributed by atoms with Crippen LogP contribution in [-0.4, -0.2) is 52.7 Å². The van der Waals surface area contributed by atoms with Crippen molar-refractivity contribution in [3.05, 3.63) is 65.5 Å². The molecule has 2 rings (SSSR count). The molecule has 0 heterocycles. The molecule has 29 heavy (non-hydrogen) atoms. The van der Waals surface area contributed by atoms with Crippen LogP contribution in [0.1, 0.15) is 5.56 Å². The number of benzene rings is 2. The molecule has 0 bridgehead atoms. The highest BCUT2D eigenvalue weighted by Crippen LogP contribution is 2.25. The summed E-state index contributed by atoms with van der Waals surface area (Å²) in [6.07, 6.45) is 0. The van der Waals surface area contributed by atoms with Crippen LogP contribution in [0.15, 0.2) is 59.9 Å². The predicted molar refractivity (Wildman–Crippen MR) is 116 cm³/mol. The topological polar surface area (TPSA) is 74.9 Å². The highest BCUT2D eigenvalue weighted by molar-refractivity contribution is 6.03. The molecule has 0 saturated heterocycles. The molecule has 0 aromatic heterocycles. The fraction of sp³-hybridized carbons (Fsp3) is 0.318. The largest absolute Gasteiger partial charge is 0.497 e. The minimum absolute atomic E-state index is 0.196. The minimum Gasteiger partial charge on any atom is -0.497 e. The van der Waals surface area contributed by atoms with Crippen LogP contribution in [-0.2, 0) is 11.3 Å². The van der Waals surface area contributed by atoms with Gasteiger partial charge in [0.2, 0.25) is 0 Å². The molecule has 3 N–H and O–H groups in total. The van der Waals surface area contributed by atoms with Gasteiger partial charge in [0.25, 0.3) is 5.91 Å². The number of methoxy groups -OCH3 is 2. The van der Waals surface area contributed by atoms with Crippen LogP contribution in [0.5, 0.6) is 11.5 Å². The van der Waals surface area contributed by atoms with Crippen LogP contribution in [0.25, 0.3) is 0 Å². The van der Waals surface area contributed by atoms with E-state index in [4.69, 9.17) is 9.47 Å². The Kier molecular flexibility index (Phi) is 8.36. The molecule has 0 saturated carbocycles. The number of rotatable bonds is 10. The highest BCUT2D eigenvalue weighted by Gasteiger charge is 2.16. The lowest BCUT2D eigenvalue weighted by Crippen LogP contribution is -2.33. The van der Waals surface area contributed by atoms with E-state index in [1.54, 1.807) is 21.3 Å². The van der Waals surface area contributed by atoms with E-state index >= 15 is 0 Å². The molecule has 2 aromatic rings. The van der Waals surface area contributed by atoms with Gasteiger partial charge in [-0.15, -0.1) is 0 Å². The Morgan fingerprint density at radius 1 is 1.00 bits per heavy atom.